The standard InChI is InChI=1S/C13H17N3O/c1-8-5-10(6-9(2)13(8)17-4)11-7-12(14-3)16-15-11/h5-7H,1-4H3,(H2,14,15,16). The maximum atomic E-state index is 5.35. The molecule has 0 fully saturated rings. The summed E-state index contributed by atoms with van der Waals surface area (Å²) in [7, 11) is 3.55. The highest BCUT2D eigenvalue weighted by atomic mass is 16.5. The van der Waals surface area contributed by atoms with Crippen molar-refractivity contribution < 1.29 is 4.74 Å². The van der Waals surface area contributed by atoms with E-state index in [0.29, 0.717) is 0 Å². The van der Waals surface area contributed by atoms with Gasteiger partial charge in [0.15, 0.2) is 0 Å². The lowest BCUT2D eigenvalue weighted by Crippen LogP contribution is -1.92. The van der Waals surface area contributed by atoms with Crippen molar-refractivity contribution in [2.75, 3.05) is 19.5 Å². The fraction of sp³-hybridized carbons (Fsp3) is 0.308. The van der Waals surface area contributed by atoms with Crippen LogP contribution in [0.25, 0.3) is 11.3 Å². The van der Waals surface area contributed by atoms with Crippen LogP contribution in [0.5, 0.6) is 5.75 Å². The van der Waals surface area contributed by atoms with Gasteiger partial charge in [0.05, 0.1) is 12.8 Å². The molecule has 90 valence electrons. The van der Waals surface area contributed by atoms with Crippen LogP contribution in [-0.4, -0.2) is 24.4 Å². The van der Waals surface area contributed by atoms with Gasteiger partial charge in [0, 0.05) is 18.7 Å². The summed E-state index contributed by atoms with van der Waals surface area (Å²) in [4.78, 5) is 0. The quantitative estimate of drug-likeness (QED) is 0.854. The average Bonchev–Trinajstić information content (AvgIpc) is 2.77. The summed E-state index contributed by atoms with van der Waals surface area (Å²) >= 11 is 0. The van der Waals surface area contributed by atoms with E-state index in [9.17, 15) is 0 Å². The zero-order valence-corrected chi connectivity index (χ0v) is 10.6. The van der Waals surface area contributed by atoms with Crippen LogP contribution in [0.15, 0.2) is 18.2 Å². The predicted octanol–water partition coefficient (Wildman–Crippen LogP) is 2.74. The molecule has 0 amide bonds. The number of methoxy groups -OCH3 is 1. The average molecular weight is 231 g/mol. The number of hydrogen-bond donors (Lipinski definition) is 2. The van der Waals surface area contributed by atoms with Crippen molar-refractivity contribution >= 4 is 5.82 Å². The van der Waals surface area contributed by atoms with Gasteiger partial charge in [-0.25, -0.2) is 0 Å². The summed E-state index contributed by atoms with van der Waals surface area (Å²) in [5, 5.41) is 10.2. The highest BCUT2D eigenvalue weighted by molar-refractivity contribution is 5.66. The zero-order valence-electron chi connectivity index (χ0n) is 10.6. The number of aromatic amines is 1. The number of nitrogens with one attached hydrogen (secondary N) is 2. The highest BCUT2D eigenvalue weighted by Crippen LogP contribution is 2.29. The highest BCUT2D eigenvalue weighted by Gasteiger charge is 2.08. The molecule has 17 heavy (non-hydrogen) atoms. The molecule has 0 aliphatic heterocycles. The van der Waals surface area contributed by atoms with Crippen molar-refractivity contribution in [3.8, 4) is 17.0 Å². The normalized spacial score (nSPS) is 10.4. The lowest BCUT2D eigenvalue weighted by atomic mass is 10.0. The third kappa shape index (κ3) is 2.11. The number of aryl methyl sites for hydroxylation is 2. The molecule has 0 spiro atoms. The van der Waals surface area contributed by atoms with Gasteiger partial charge >= 0.3 is 0 Å². The van der Waals surface area contributed by atoms with Gasteiger partial charge in [0.25, 0.3) is 0 Å². The molecule has 0 bridgehead atoms. The number of rotatable bonds is 3. The molecule has 0 aliphatic carbocycles. The van der Waals surface area contributed by atoms with Crippen LogP contribution in [-0.2, 0) is 0 Å². The Morgan fingerprint density at radius 3 is 2.29 bits per heavy atom. The largest absolute Gasteiger partial charge is 0.496 e. The minimum absolute atomic E-state index is 0.839. The number of ether oxygens (including phenoxy) is 1. The van der Waals surface area contributed by atoms with Gasteiger partial charge in [-0.3, -0.25) is 5.10 Å². The van der Waals surface area contributed by atoms with Crippen LogP contribution >= 0.6 is 0 Å². The number of benzene rings is 1. The molecular formula is C13H17N3O. The molecule has 0 atom stereocenters. The molecule has 1 heterocycles. The second-order valence-corrected chi connectivity index (χ2v) is 4.06. The number of aromatic nitrogens is 2. The van der Waals surface area contributed by atoms with Crippen molar-refractivity contribution in [1.29, 1.82) is 0 Å². The topological polar surface area (TPSA) is 49.9 Å². The molecule has 0 saturated carbocycles. The Balaban J connectivity index is 2.46. The smallest absolute Gasteiger partial charge is 0.148 e. The molecule has 1 aromatic heterocycles. The van der Waals surface area contributed by atoms with Crippen molar-refractivity contribution in [3.05, 3.63) is 29.3 Å². The summed E-state index contributed by atoms with van der Waals surface area (Å²) in [5.74, 6) is 1.79. The lowest BCUT2D eigenvalue weighted by molar-refractivity contribution is 0.408. The van der Waals surface area contributed by atoms with E-state index in [4.69, 9.17) is 4.74 Å². The molecule has 2 rings (SSSR count). The Hall–Kier alpha value is -1.97. The second kappa shape index (κ2) is 4.49. The Bertz CT molecular complexity index is 508. The zero-order chi connectivity index (χ0) is 12.4. The van der Waals surface area contributed by atoms with E-state index in [1.165, 1.54) is 0 Å². The van der Waals surface area contributed by atoms with Gasteiger partial charge in [0.2, 0.25) is 0 Å². The number of anilines is 1. The van der Waals surface area contributed by atoms with Crippen LogP contribution in [0, 0.1) is 13.8 Å². The summed E-state index contributed by atoms with van der Waals surface area (Å²) in [5.41, 5.74) is 4.38. The first-order valence-corrected chi connectivity index (χ1v) is 5.54. The monoisotopic (exact) mass is 231 g/mol. The van der Waals surface area contributed by atoms with Crippen molar-refractivity contribution in [2.45, 2.75) is 13.8 Å². The Morgan fingerprint density at radius 2 is 1.82 bits per heavy atom. The minimum Gasteiger partial charge on any atom is -0.496 e. The van der Waals surface area contributed by atoms with Crippen LogP contribution in [0.4, 0.5) is 5.82 Å². The van der Waals surface area contributed by atoms with Gasteiger partial charge in [-0.05, 0) is 37.1 Å². The Morgan fingerprint density at radius 1 is 1.18 bits per heavy atom. The first-order valence-electron chi connectivity index (χ1n) is 5.54. The summed E-state index contributed by atoms with van der Waals surface area (Å²) in [6.07, 6.45) is 0. The first-order chi connectivity index (χ1) is 8.15. The van der Waals surface area contributed by atoms with Gasteiger partial charge < -0.3 is 10.1 Å². The number of hydrogen-bond acceptors (Lipinski definition) is 3. The maximum Gasteiger partial charge on any atom is 0.148 e. The van der Waals surface area contributed by atoms with E-state index in [1.54, 1.807) is 7.11 Å². The summed E-state index contributed by atoms with van der Waals surface area (Å²) in [6, 6.07) is 6.18. The fourth-order valence-corrected chi connectivity index (χ4v) is 2.03. The Labute approximate surface area is 101 Å². The molecular weight excluding hydrogens is 214 g/mol. The van der Waals surface area contributed by atoms with Gasteiger partial charge in [-0.15, -0.1) is 0 Å². The van der Waals surface area contributed by atoms with Crippen molar-refractivity contribution in [1.82, 2.24) is 10.2 Å². The molecule has 4 nitrogen and oxygen atoms in total. The van der Waals surface area contributed by atoms with Crippen molar-refractivity contribution in [2.24, 2.45) is 0 Å². The van der Waals surface area contributed by atoms with Crippen LogP contribution in [0.1, 0.15) is 11.1 Å². The van der Waals surface area contributed by atoms with Gasteiger partial charge in [0.1, 0.15) is 11.6 Å². The van der Waals surface area contributed by atoms with Crippen LogP contribution < -0.4 is 10.1 Å². The molecule has 4 heteroatoms. The van der Waals surface area contributed by atoms with Gasteiger partial charge in [-0.1, -0.05) is 0 Å². The predicted molar refractivity (Wildman–Crippen MR) is 69.6 cm³/mol. The molecule has 1 aromatic carbocycles. The summed E-state index contributed by atoms with van der Waals surface area (Å²) < 4.78 is 5.35. The third-order valence-electron chi connectivity index (χ3n) is 2.81. The molecule has 2 N–H and O–H groups in total. The number of nitrogens with zero attached hydrogens (tertiary/aromatic N) is 1. The van der Waals surface area contributed by atoms with E-state index in [-0.39, 0.29) is 0 Å². The molecule has 0 unspecified atom stereocenters. The third-order valence-corrected chi connectivity index (χ3v) is 2.81. The summed E-state index contributed by atoms with van der Waals surface area (Å²) in [6.45, 7) is 4.09. The van der Waals surface area contributed by atoms with Crippen molar-refractivity contribution in [3.63, 3.8) is 0 Å². The van der Waals surface area contributed by atoms with E-state index in [0.717, 1.165) is 34.0 Å². The lowest BCUT2D eigenvalue weighted by Gasteiger charge is -2.10. The van der Waals surface area contributed by atoms with E-state index < -0.39 is 0 Å². The SMILES string of the molecule is CNc1cc(-c2cc(C)c(OC)c(C)c2)[nH]n1. The maximum absolute atomic E-state index is 5.35. The minimum atomic E-state index is 0.839. The molecule has 0 aliphatic rings. The first kappa shape index (κ1) is 11.5. The molecule has 0 saturated heterocycles. The fourth-order valence-electron chi connectivity index (χ4n) is 2.03. The molecule has 2 aromatic rings. The Kier molecular flexibility index (Phi) is 3.04. The number of H-pyrrole nitrogens is 1. The van der Waals surface area contributed by atoms with Gasteiger partial charge in [-0.2, -0.15) is 5.10 Å². The van der Waals surface area contributed by atoms with E-state index in [2.05, 4.69) is 27.6 Å². The van der Waals surface area contributed by atoms with E-state index in [1.807, 2.05) is 27.0 Å². The van der Waals surface area contributed by atoms with Crippen LogP contribution in [0.2, 0.25) is 0 Å². The second-order valence-electron chi connectivity index (χ2n) is 4.06. The van der Waals surface area contributed by atoms with E-state index >= 15 is 0 Å². The molecule has 0 radical (unpaired) electrons. The van der Waals surface area contributed by atoms with Crippen LogP contribution in [0.3, 0.4) is 0 Å².